The average Bonchev–Trinajstić information content (AvgIpc) is 3.16. The van der Waals surface area contributed by atoms with Crippen molar-refractivity contribution in [2.75, 3.05) is 56.0 Å². The standard InChI is InChI=1S/C25H32N8O2S/c1-17-23(36-25(35)30(17)3)21-7-8-27-24(29-21)28-19-5-4-6-20(15-19)33-10-9-26-16-22(33)32-13-11-31(12-14-32)18(2)34/h4-8,15,22,26H,9-14,16H2,1-3H3,(H,27,28,29). The Kier molecular flexibility index (Phi) is 7.04. The Labute approximate surface area is 214 Å². The number of benzene rings is 1. The van der Waals surface area contributed by atoms with E-state index in [0.29, 0.717) is 5.95 Å². The molecule has 1 aromatic carbocycles. The Bertz CT molecular complexity index is 1300. The summed E-state index contributed by atoms with van der Waals surface area (Å²) in [4.78, 5) is 40.6. The second-order valence-electron chi connectivity index (χ2n) is 9.20. The van der Waals surface area contributed by atoms with E-state index >= 15 is 0 Å². The summed E-state index contributed by atoms with van der Waals surface area (Å²) in [5.41, 5.74) is 3.66. The summed E-state index contributed by atoms with van der Waals surface area (Å²) in [6.45, 7) is 9.54. The van der Waals surface area contributed by atoms with Crippen LogP contribution in [0, 0.1) is 6.92 Å². The van der Waals surface area contributed by atoms with E-state index in [0.717, 1.165) is 73.5 Å². The van der Waals surface area contributed by atoms with Gasteiger partial charge in [-0.15, -0.1) is 0 Å². The van der Waals surface area contributed by atoms with Crippen molar-refractivity contribution < 1.29 is 4.79 Å². The third-order valence-electron chi connectivity index (χ3n) is 7.01. The lowest BCUT2D eigenvalue weighted by atomic mass is 10.1. The molecule has 2 N–H and O–H groups in total. The Morgan fingerprint density at radius 1 is 1.17 bits per heavy atom. The zero-order valence-electron chi connectivity index (χ0n) is 20.9. The van der Waals surface area contributed by atoms with Gasteiger partial charge in [0.15, 0.2) is 0 Å². The molecular formula is C25H32N8O2S. The molecule has 36 heavy (non-hydrogen) atoms. The average molecular weight is 509 g/mol. The van der Waals surface area contributed by atoms with Gasteiger partial charge >= 0.3 is 4.87 Å². The first kappa shape index (κ1) is 24.4. The zero-order chi connectivity index (χ0) is 25.2. The molecule has 2 fully saturated rings. The third-order valence-corrected chi connectivity index (χ3v) is 8.17. The highest BCUT2D eigenvalue weighted by Gasteiger charge is 2.31. The number of nitrogens with one attached hydrogen (secondary N) is 2. The lowest BCUT2D eigenvalue weighted by Gasteiger charge is -2.47. The quantitative estimate of drug-likeness (QED) is 0.539. The monoisotopic (exact) mass is 508 g/mol. The summed E-state index contributed by atoms with van der Waals surface area (Å²) in [5.74, 6) is 0.639. The van der Waals surface area contributed by atoms with Gasteiger partial charge in [-0.25, -0.2) is 9.97 Å². The molecule has 2 aromatic heterocycles. The van der Waals surface area contributed by atoms with E-state index in [1.807, 2.05) is 30.0 Å². The molecule has 4 heterocycles. The van der Waals surface area contributed by atoms with Crippen LogP contribution in [0.1, 0.15) is 12.6 Å². The Balaban J connectivity index is 1.34. The molecular weight excluding hydrogens is 476 g/mol. The maximum atomic E-state index is 12.1. The molecule has 0 spiro atoms. The second kappa shape index (κ2) is 10.4. The molecule has 0 bridgehead atoms. The van der Waals surface area contributed by atoms with Crippen LogP contribution >= 0.6 is 11.3 Å². The number of aromatic nitrogens is 3. The summed E-state index contributed by atoms with van der Waals surface area (Å²) in [7, 11) is 1.77. The van der Waals surface area contributed by atoms with E-state index in [4.69, 9.17) is 0 Å². The summed E-state index contributed by atoms with van der Waals surface area (Å²) >= 11 is 1.20. The highest BCUT2D eigenvalue weighted by molar-refractivity contribution is 7.13. The molecule has 11 heteroatoms. The van der Waals surface area contributed by atoms with Gasteiger partial charge in [-0.1, -0.05) is 17.4 Å². The van der Waals surface area contributed by atoms with Gasteiger partial charge in [0, 0.05) is 83.1 Å². The normalized spacial score (nSPS) is 18.9. The highest BCUT2D eigenvalue weighted by Crippen LogP contribution is 2.28. The van der Waals surface area contributed by atoms with Gasteiger partial charge in [0.1, 0.15) is 0 Å². The zero-order valence-corrected chi connectivity index (χ0v) is 21.7. The van der Waals surface area contributed by atoms with Crippen LogP contribution in [0.15, 0.2) is 41.3 Å². The minimum Gasteiger partial charge on any atom is -0.353 e. The molecule has 0 radical (unpaired) electrons. The largest absolute Gasteiger partial charge is 0.353 e. The molecule has 1 unspecified atom stereocenters. The lowest BCUT2D eigenvalue weighted by Crippen LogP contribution is -2.63. The van der Waals surface area contributed by atoms with Crippen LogP contribution < -0.4 is 20.4 Å². The van der Waals surface area contributed by atoms with Crippen LogP contribution in [0.2, 0.25) is 0 Å². The van der Waals surface area contributed by atoms with Crippen molar-refractivity contribution in [1.29, 1.82) is 0 Å². The highest BCUT2D eigenvalue weighted by atomic mass is 32.1. The molecule has 1 amide bonds. The van der Waals surface area contributed by atoms with Gasteiger partial charge in [-0.05, 0) is 31.2 Å². The number of anilines is 3. The van der Waals surface area contributed by atoms with E-state index in [1.165, 1.54) is 11.3 Å². The number of piperazine rings is 2. The van der Waals surface area contributed by atoms with E-state index in [2.05, 4.69) is 42.5 Å². The van der Waals surface area contributed by atoms with Crippen molar-refractivity contribution in [2.45, 2.75) is 20.0 Å². The third kappa shape index (κ3) is 4.99. The van der Waals surface area contributed by atoms with Crippen LogP contribution in [-0.2, 0) is 11.8 Å². The van der Waals surface area contributed by atoms with Gasteiger partial charge in [0.05, 0.1) is 16.7 Å². The van der Waals surface area contributed by atoms with Crippen molar-refractivity contribution in [3.8, 4) is 10.6 Å². The van der Waals surface area contributed by atoms with Gasteiger partial charge in [-0.3, -0.25) is 14.5 Å². The van der Waals surface area contributed by atoms with Crippen molar-refractivity contribution in [3.63, 3.8) is 0 Å². The Hall–Kier alpha value is -3.28. The van der Waals surface area contributed by atoms with Crippen LogP contribution in [0.4, 0.5) is 17.3 Å². The van der Waals surface area contributed by atoms with Crippen molar-refractivity contribution >= 4 is 34.6 Å². The SMILES string of the molecule is CC(=O)N1CCN(C2CNCCN2c2cccc(Nc3nccc(-c4sc(=O)n(C)c4C)n3)c2)CC1. The molecule has 0 aliphatic carbocycles. The fourth-order valence-corrected chi connectivity index (χ4v) is 5.80. The fourth-order valence-electron chi connectivity index (χ4n) is 4.85. The molecule has 0 saturated carbocycles. The number of thiazole rings is 1. The van der Waals surface area contributed by atoms with E-state index < -0.39 is 0 Å². The van der Waals surface area contributed by atoms with Crippen molar-refractivity contribution in [1.82, 2.24) is 29.7 Å². The Morgan fingerprint density at radius 2 is 1.97 bits per heavy atom. The van der Waals surface area contributed by atoms with Crippen molar-refractivity contribution in [2.24, 2.45) is 7.05 Å². The number of amides is 1. The van der Waals surface area contributed by atoms with Gasteiger partial charge in [0.2, 0.25) is 11.9 Å². The number of hydrogen-bond donors (Lipinski definition) is 2. The maximum Gasteiger partial charge on any atom is 0.307 e. The molecule has 10 nitrogen and oxygen atoms in total. The van der Waals surface area contributed by atoms with Gasteiger partial charge in [-0.2, -0.15) is 0 Å². The predicted octanol–water partition coefficient (Wildman–Crippen LogP) is 1.86. The molecule has 5 rings (SSSR count). The fraction of sp³-hybridized carbons (Fsp3) is 0.440. The van der Waals surface area contributed by atoms with E-state index in [-0.39, 0.29) is 16.9 Å². The number of rotatable bonds is 5. The maximum absolute atomic E-state index is 12.1. The first-order chi connectivity index (χ1) is 17.4. The minimum absolute atomic E-state index is 0.00314. The summed E-state index contributed by atoms with van der Waals surface area (Å²) in [6.07, 6.45) is 1.94. The van der Waals surface area contributed by atoms with Crippen molar-refractivity contribution in [3.05, 3.63) is 51.9 Å². The molecule has 2 aliphatic heterocycles. The number of nitrogens with zero attached hydrogens (tertiary/aromatic N) is 6. The molecule has 1 atom stereocenters. The number of hydrogen-bond acceptors (Lipinski definition) is 9. The predicted molar refractivity (Wildman–Crippen MR) is 143 cm³/mol. The molecule has 2 saturated heterocycles. The van der Waals surface area contributed by atoms with E-state index in [1.54, 1.807) is 24.7 Å². The second-order valence-corrected chi connectivity index (χ2v) is 10.2. The topological polar surface area (TPSA) is 98.6 Å². The van der Waals surface area contributed by atoms with Crippen LogP contribution in [0.5, 0.6) is 0 Å². The molecule has 3 aromatic rings. The van der Waals surface area contributed by atoms with Gasteiger partial charge in [0.25, 0.3) is 0 Å². The van der Waals surface area contributed by atoms with Crippen LogP contribution in [-0.4, -0.2) is 82.2 Å². The minimum atomic E-state index is -0.00314. The number of carbonyl (C=O) groups excluding carboxylic acids is 1. The molecule has 2 aliphatic rings. The number of carbonyl (C=O) groups is 1. The summed E-state index contributed by atoms with van der Waals surface area (Å²) in [6, 6.07) is 10.1. The van der Waals surface area contributed by atoms with Gasteiger partial charge < -0.3 is 25.0 Å². The smallest absolute Gasteiger partial charge is 0.307 e. The van der Waals surface area contributed by atoms with Crippen LogP contribution in [0.3, 0.4) is 0 Å². The first-order valence-corrected chi connectivity index (χ1v) is 13.1. The summed E-state index contributed by atoms with van der Waals surface area (Å²) < 4.78 is 1.64. The lowest BCUT2D eigenvalue weighted by molar-refractivity contribution is -0.130. The summed E-state index contributed by atoms with van der Waals surface area (Å²) in [5, 5.41) is 6.87. The van der Waals surface area contributed by atoms with Crippen LogP contribution in [0.25, 0.3) is 10.6 Å². The first-order valence-electron chi connectivity index (χ1n) is 12.2. The Morgan fingerprint density at radius 3 is 2.69 bits per heavy atom. The van der Waals surface area contributed by atoms with E-state index in [9.17, 15) is 9.59 Å². The molecule has 190 valence electrons.